The van der Waals surface area contributed by atoms with E-state index in [2.05, 4.69) is 31.3 Å². The molecule has 226 valence electrons. The highest BCUT2D eigenvalue weighted by Crippen LogP contribution is 2.45. The summed E-state index contributed by atoms with van der Waals surface area (Å²) in [5, 5.41) is 12.2. The van der Waals surface area contributed by atoms with Gasteiger partial charge >= 0.3 is 6.18 Å². The van der Waals surface area contributed by atoms with Crippen molar-refractivity contribution in [3.63, 3.8) is 0 Å². The Balaban J connectivity index is 1.39. The first-order valence-electron chi connectivity index (χ1n) is 12.5. The fraction of sp³-hybridized carbons (Fsp3) is 0.360. The molecule has 2 amide bonds. The standard InChI is InChI=1S/C25H27ClF3N7O5S/c1-42(39,40)36-19(37)10-13-30-20(38)15-2-8-18(9-3-15)31-21-32-22(34-23(33-21)41-14-25(27,28)29)35-24(11-12-24)16-4-6-17(26)7-5-16/h2-9,23H,10-14H2,1H3,(H,30,38)(H,36,37)(H3,31,32,33,34,35). The minimum atomic E-state index is -4.58. The SMILES string of the molecule is CS(=O)(=O)NC(=O)CCNC(=O)c1ccc(NC2=NC(OCC(F)(F)F)N=C(NC3(c4ccc(Cl)cc4)CC3)N2)cc1. The van der Waals surface area contributed by atoms with E-state index in [9.17, 15) is 31.2 Å². The molecule has 2 aromatic carbocycles. The summed E-state index contributed by atoms with van der Waals surface area (Å²) in [5.74, 6) is -1.05. The molecule has 1 heterocycles. The number of nitrogens with one attached hydrogen (secondary N) is 5. The molecule has 42 heavy (non-hydrogen) atoms. The predicted molar refractivity (Wildman–Crippen MR) is 149 cm³/mol. The van der Waals surface area contributed by atoms with Gasteiger partial charge in [0.25, 0.3) is 12.3 Å². The van der Waals surface area contributed by atoms with E-state index in [4.69, 9.17) is 16.3 Å². The number of carbonyl (C=O) groups excluding carboxylic acids is 2. The van der Waals surface area contributed by atoms with Gasteiger partial charge in [-0.1, -0.05) is 23.7 Å². The molecular weight excluding hydrogens is 603 g/mol. The van der Waals surface area contributed by atoms with Crippen LogP contribution in [-0.2, 0) is 25.1 Å². The molecule has 0 aromatic heterocycles. The molecule has 0 saturated heterocycles. The van der Waals surface area contributed by atoms with Gasteiger partial charge in [0.15, 0.2) is 0 Å². The quantitative estimate of drug-likeness (QED) is 0.268. The highest BCUT2D eigenvalue weighted by molar-refractivity contribution is 7.89. The van der Waals surface area contributed by atoms with Crippen LogP contribution in [0.3, 0.4) is 0 Å². The number of nitrogens with zero attached hydrogens (tertiary/aromatic N) is 2. The van der Waals surface area contributed by atoms with Crippen LogP contribution in [0.1, 0.15) is 35.2 Å². The molecule has 17 heteroatoms. The van der Waals surface area contributed by atoms with Gasteiger partial charge in [0.2, 0.25) is 27.8 Å². The van der Waals surface area contributed by atoms with Crippen LogP contribution >= 0.6 is 11.6 Å². The third-order valence-corrected chi connectivity index (χ3v) is 6.81. The Morgan fingerprint density at radius 2 is 1.71 bits per heavy atom. The highest BCUT2D eigenvalue weighted by atomic mass is 35.5. The summed E-state index contributed by atoms with van der Waals surface area (Å²) in [4.78, 5) is 32.1. The van der Waals surface area contributed by atoms with E-state index in [1.165, 1.54) is 24.3 Å². The molecule has 2 aromatic rings. The number of anilines is 1. The monoisotopic (exact) mass is 629 g/mol. The van der Waals surface area contributed by atoms with E-state index in [1.807, 2.05) is 12.1 Å². The second kappa shape index (κ2) is 12.5. The lowest BCUT2D eigenvalue weighted by Gasteiger charge is -2.27. The molecule has 4 rings (SSSR count). The first-order chi connectivity index (χ1) is 19.7. The first kappa shape index (κ1) is 31.1. The number of carbonyl (C=O) groups is 2. The summed E-state index contributed by atoms with van der Waals surface area (Å²) in [6, 6.07) is 13.2. The molecule has 1 atom stereocenters. The Morgan fingerprint density at radius 1 is 1.07 bits per heavy atom. The number of rotatable bonds is 10. The van der Waals surface area contributed by atoms with Crippen LogP contribution in [-0.4, -0.2) is 64.1 Å². The fourth-order valence-electron chi connectivity index (χ4n) is 3.89. The van der Waals surface area contributed by atoms with E-state index in [-0.39, 0.29) is 30.4 Å². The maximum absolute atomic E-state index is 12.8. The fourth-order valence-corrected chi connectivity index (χ4v) is 4.54. The summed E-state index contributed by atoms with van der Waals surface area (Å²) < 4.78 is 67.3. The second-order valence-electron chi connectivity index (χ2n) is 9.55. The maximum Gasteiger partial charge on any atom is 0.411 e. The lowest BCUT2D eigenvalue weighted by atomic mass is 10.1. The molecule has 1 aliphatic heterocycles. The summed E-state index contributed by atoms with van der Waals surface area (Å²) >= 11 is 6.00. The number of halogens is 4. The number of benzene rings is 2. The Bertz CT molecular complexity index is 1480. The largest absolute Gasteiger partial charge is 0.411 e. The topological polar surface area (TPSA) is 162 Å². The molecule has 1 unspecified atom stereocenters. The maximum atomic E-state index is 12.8. The number of alkyl halides is 3. The van der Waals surface area contributed by atoms with Crippen LogP contribution in [0.15, 0.2) is 58.5 Å². The van der Waals surface area contributed by atoms with Gasteiger partial charge in [0.1, 0.15) is 6.61 Å². The van der Waals surface area contributed by atoms with Gasteiger partial charge in [-0.15, -0.1) is 0 Å². The molecule has 1 fully saturated rings. The van der Waals surface area contributed by atoms with Crippen LogP contribution in [0.2, 0.25) is 5.02 Å². The third-order valence-electron chi connectivity index (χ3n) is 5.96. The molecule has 5 N–H and O–H groups in total. The van der Waals surface area contributed by atoms with E-state index >= 15 is 0 Å². The zero-order valence-corrected chi connectivity index (χ0v) is 23.7. The number of amides is 2. The zero-order valence-electron chi connectivity index (χ0n) is 22.1. The number of aliphatic imine (C=N–C) groups is 2. The average Bonchev–Trinajstić information content (AvgIpc) is 3.67. The van der Waals surface area contributed by atoms with Crippen molar-refractivity contribution in [1.29, 1.82) is 0 Å². The van der Waals surface area contributed by atoms with Crippen molar-refractivity contribution >= 4 is 51.0 Å². The number of hydrogen-bond acceptors (Lipinski definition) is 10. The number of guanidine groups is 2. The smallest absolute Gasteiger partial charge is 0.352 e. The second-order valence-corrected chi connectivity index (χ2v) is 11.7. The molecule has 1 aliphatic carbocycles. The number of hydrogen-bond donors (Lipinski definition) is 5. The molecule has 0 spiro atoms. The molecular formula is C25H27ClF3N7O5S. The van der Waals surface area contributed by atoms with Gasteiger partial charge < -0.3 is 20.7 Å². The van der Waals surface area contributed by atoms with Crippen molar-refractivity contribution in [2.45, 2.75) is 37.3 Å². The number of sulfonamides is 1. The summed E-state index contributed by atoms with van der Waals surface area (Å²) in [6.45, 7) is -1.64. The average molecular weight is 630 g/mol. The Labute approximate surface area is 244 Å². The van der Waals surface area contributed by atoms with Gasteiger partial charge in [0.05, 0.1) is 11.8 Å². The van der Waals surface area contributed by atoms with Crippen molar-refractivity contribution in [2.24, 2.45) is 9.98 Å². The lowest BCUT2D eigenvalue weighted by molar-refractivity contribution is -0.183. The molecule has 12 nitrogen and oxygen atoms in total. The molecule has 2 aliphatic rings. The third kappa shape index (κ3) is 9.32. The Hall–Kier alpha value is -3.89. The Kier molecular flexibility index (Phi) is 9.27. The van der Waals surface area contributed by atoms with E-state index in [1.54, 1.807) is 16.9 Å². The van der Waals surface area contributed by atoms with Gasteiger partial charge in [-0.3, -0.25) is 19.6 Å². The van der Waals surface area contributed by atoms with Crippen LogP contribution < -0.4 is 26.0 Å². The van der Waals surface area contributed by atoms with Crippen molar-refractivity contribution in [3.05, 3.63) is 64.7 Å². The predicted octanol–water partition coefficient (Wildman–Crippen LogP) is 2.40. The van der Waals surface area contributed by atoms with Gasteiger partial charge in [-0.2, -0.15) is 23.2 Å². The molecule has 0 bridgehead atoms. The van der Waals surface area contributed by atoms with E-state index in [0.717, 1.165) is 24.7 Å². The minimum absolute atomic E-state index is 0.0562. The molecule has 0 radical (unpaired) electrons. The van der Waals surface area contributed by atoms with Crippen molar-refractivity contribution < 1.29 is 35.9 Å². The summed E-state index contributed by atoms with van der Waals surface area (Å²) in [5.41, 5.74) is 1.15. The highest BCUT2D eigenvalue weighted by Gasteiger charge is 2.45. The van der Waals surface area contributed by atoms with Crippen molar-refractivity contribution in [2.75, 3.05) is 24.7 Å². The van der Waals surface area contributed by atoms with Crippen LogP contribution in [0.5, 0.6) is 0 Å². The summed E-state index contributed by atoms with van der Waals surface area (Å²) in [7, 11) is -3.69. The van der Waals surface area contributed by atoms with E-state index < -0.39 is 46.5 Å². The Morgan fingerprint density at radius 3 is 2.31 bits per heavy atom. The molecule has 1 saturated carbocycles. The minimum Gasteiger partial charge on any atom is -0.352 e. The van der Waals surface area contributed by atoms with Gasteiger partial charge in [0, 0.05) is 29.2 Å². The lowest BCUT2D eigenvalue weighted by Crippen LogP contribution is -2.51. The normalized spacial score (nSPS) is 17.7. The van der Waals surface area contributed by atoms with Crippen molar-refractivity contribution in [3.8, 4) is 0 Å². The number of ether oxygens (including phenoxy) is 1. The van der Waals surface area contributed by atoms with E-state index in [0.29, 0.717) is 10.7 Å². The zero-order chi connectivity index (χ0) is 30.5. The van der Waals surface area contributed by atoms with Crippen LogP contribution in [0, 0.1) is 0 Å². The van der Waals surface area contributed by atoms with Gasteiger partial charge in [-0.05, 0) is 54.8 Å². The first-order valence-corrected chi connectivity index (χ1v) is 14.8. The van der Waals surface area contributed by atoms with Crippen LogP contribution in [0.25, 0.3) is 0 Å². The van der Waals surface area contributed by atoms with Crippen LogP contribution in [0.4, 0.5) is 18.9 Å². The van der Waals surface area contributed by atoms with Gasteiger partial charge in [-0.25, -0.2) is 8.42 Å². The summed E-state index contributed by atoms with van der Waals surface area (Å²) in [6.07, 6.45) is -3.93. The van der Waals surface area contributed by atoms with Crippen molar-refractivity contribution in [1.82, 2.24) is 20.7 Å².